The van der Waals surface area contributed by atoms with Crippen LogP contribution in [0.15, 0.2) is 78.9 Å². The zero-order chi connectivity index (χ0) is 19.3. The van der Waals surface area contributed by atoms with Crippen LogP contribution in [0.5, 0.6) is 5.75 Å². The van der Waals surface area contributed by atoms with Crippen molar-refractivity contribution < 1.29 is 14.3 Å². The molecule has 0 amide bonds. The lowest BCUT2D eigenvalue weighted by molar-refractivity contribution is 0.0462. The summed E-state index contributed by atoms with van der Waals surface area (Å²) in [5, 5.41) is 5.12. The number of carbonyl (C=O) groups is 1. The Balaban J connectivity index is 1.54. The average molecular weight is 372 g/mol. The number of esters is 1. The maximum absolute atomic E-state index is 12.7. The zero-order valence-electron chi connectivity index (χ0n) is 15.5. The van der Waals surface area contributed by atoms with Gasteiger partial charge < -0.3 is 9.47 Å². The van der Waals surface area contributed by atoms with Gasteiger partial charge in [0.25, 0.3) is 0 Å². The summed E-state index contributed by atoms with van der Waals surface area (Å²) in [5.41, 5.74) is 3.16. The topological polar surface area (TPSA) is 53.4 Å². The molecule has 140 valence electrons. The lowest BCUT2D eigenvalue weighted by Gasteiger charge is -2.07. The highest BCUT2D eigenvalue weighted by Crippen LogP contribution is 2.25. The number of hydrogen-bond acceptors (Lipinski definition) is 4. The first kappa shape index (κ1) is 17.8. The van der Waals surface area contributed by atoms with Gasteiger partial charge in [0.05, 0.1) is 5.52 Å². The number of hydrogen-bond donors (Lipinski definition) is 0. The molecule has 4 rings (SSSR count). The Labute approximate surface area is 163 Å². The Morgan fingerprint density at radius 3 is 2.21 bits per heavy atom. The Morgan fingerprint density at radius 1 is 0.893 bits per heavy atom. The van der Waals surface area contributed by atoms with Gasteiger partial charge in [-0.05, 0) is 29.3 Å². The second kappa shape index (κ2) is 7.96. The summed E-state index contributed by atoms with van der Waals surface area (Å²) in [4.78, 5) is 12.7. The molecule has 0 aliphatic heterocycles. The third kappa shape index (κ3) is 3.88. The fourth-order valence-electron chi connectivity index (χ4n) is 3.04. The highest BCUT2D eigenvalue weighted by molar-refractivity contribution is 6.02. The third-order valence-corrected chi connectivity index (χ3v) is 4.46. The van der Waals surface area contributed by atoms with E-state index < -0.39 is 5.97 Å². The lowest BCUT2D eigenvalue weighted by Crippen LogP contribution is -2.11. The largest absolute Gasteiger partial charge is 0.489 e. The van der Waals surface area contributed by atoms with Crippen molar-refractivity contribution in [1.29, 1.82) is 0 Å². The van der Waals surface area contributed by atoms with Crippen LogP contribution in [0.3, 0.4) is 0 Å². The number of rotatable bonds is 6. The highest BCUT2D eigenvalue weighted by Gasteiger charge is 2.19. The van der Waals surface area contributed by atoms with Crippen LogP contribution in [0.2, 0.25) is 0 Å². The van der Waals surface area contributed by atoms with E-state index in [1.165, 1.54) is 0 Å². The van der Waals surface area contributed by atoms with Crippen molar-refractivity contribution in [2.75, 3.05) is 0 Å². The molecule has 4 aromatic rings. The van der Waals surface area contributed by atoms with Crippen molar-refractivity contribution in [3.05, 3.63) is 95.7 Å². The second-order valence-electron chi connectivity index (χ2n) is 6.49. The maximum atomic E-state index is 12.7. The number of nitrogens with zero attached hydrogens (tertiary/aromatic N) is 2. The molecule has 0 radical (unpaired) electrons. The molecule has 5 heteroatoms. The molecule has 0 saturated heterocycles. The Kier molecular flexibility index (Phi) is 5.06. The maximum Gasteiger partial charge on any atom is 0.357 e. The number of benzene rings is 3. The van der Waals surface area contributed by atoms with Gasteiger partial charge in [0, 0.05) is 12.4 Å². The van der Waals surface area contributed by atoms with Crippen LogP contribution >= 0.6 is 0 Å². The lowest BCUT2D eigenvalue weighted by atomic mass is 10.2. The molecule has 0 spiro atoms. The predicted octanol–water partition coefficient (Wildman–Crippen LogP) is 4.51. The van der Waals surface area contributed by atoms with E-state index in [9.17, 15) is 4.79 Å². The third-order valence-electron chi connectivity index (χ3n) is 4.46. The van der Waals surface area contributed by atoms with E-state index in [0.29, 0.717) is 23.4 Å². The van der Waals surface area contributed by atoms with Crippen LogP contribution in [0.25, 0.3) is 10.9 Å². The molecule has 0 saturated carbocycles. The molecule has 1 aromatic heterocycles. The van der Waals surface area contributed by atoms with Crippen molar-refractivity contribution in [3.63, 3.8) is 0 Å². The van der Waals surface area contributed by atoms with Crippen LogP contribution in [-0.4, -0.2) is 15.7 Å². The monoisotopic (exact) mass is 372 g/mol. The minimum Gasteiger partial charge on any atom is -0.489 e. The molecular weight excluding hydrogens is 352 g/mol. The van der Waals surface area contributed by atoms with Gasteiger partial charge in [-0.1, -0.05) is 60.7 Å². The molecule has 0 aliphatic rings. The van der Waals surface area contributed by atoms with E-state index >= 15 is 0 Å². The second-order valence-corrected chi connectivity index (χ2v) is 6.49. The molecule has 0 aliphatic carbocycles. The van der Waals surface area contributed by atoms with Crippen molar-refractivity contribution in [3.8, 4) is 5.75 Å². The minimum atomic E-state index is -0.408. The van der Waals surface area contributed by atoms with Crippen LogP contribution < -0.4 is 4.74 Å². The molecule has 0 unspecified atom stereocenters. The molecule has 0 atom stereocenters. The SMILES string of the molecule is Cn1nc2ccc(OCc3ccccc3)cc2c1C(=O)OCc1ccccc1. The fourth-order valence-corrected chi connectivity index (χ4v) is 3.04. The Morgan fingerprint density at radius 2 is 1.54 bits per heavy atom. The van der Waals surface area contributed by atoms with E-state index in [4.69, 9.17) is 9.47 Å². The molecule has 0 fully saturated rings. The molecule has 1 heterocycles. The standard InChI is InChI=1S/C23H20N2O3/c1-25-22(23(26)28-16-18-10-6-3-7-11-18)20-14-19(12-13-21(20)24-25)27-15-17-8-4-2-5-9-17/h2-14H,15-16H2,1H3. The zero-order valence-corrected chi connectivity index (χ0v) is 15.5. The summed E-state index contributed by atoms with van der Waals surface area (Å²) in [5.74, 6) is 0.274. The van der Waals surface area contributed by atoms with Gasteiger partial charge in [-0.25, -0.2) is 4.79 Å². The molecular formula is C23H20N2O3. The van der Waals surface area contributed by atoms with Gasteiger partial charge in [0.15, 0.2) is 5.69 Å². The summed E-state index contributed by atoms with van der Waals surface area (Å²) in [6, 6.07) is 25.1. The van der Waals surface area contributed by atoms with E-state index in [1.807, 2.05) is 78.9 Å². The van der Waals surface area contributed by atoms with Gasteiger partial charge >= 0.3 is 5.97 Å². The fraction of sp³-hybridized carbons (Fsp3) is 0.130. The van der Waals surface area contributed by atoms with Crippen molar-refractivity contribution in [2.24, 2.45) is 7.05 Å². The van der Waals surface area contributed by atoms with Gasteiger partial charge in [0.1, 0.15) is 19.0 Å². The minimum absolute atomic E-state index is 0.219. The molecule has 0 N–H and O–H groups in total. The number of carbonyl (C=O) groups excluding carboxylic acids is 1. The molecule has 3 aromatic carbocycles. The first-order chi connectivity index (χ1) is 13.7. The molecule has 0 bridgehead atoms. The van der Waals surface area contributed by atoms with E-state index in [-0.39, 0.29) is 6.61 Å². The summed E-state index contributed by atoms with van der Waals surface area (Å²) in [7, 11) is 1.74. The molecule has 28 heavy (non-hydrogen) atoms. The first-order valence-electron chi connectivity index (χ1n) is 9.05. The first-order valence-corrected chi connectivity index (χ1v) is 9.05. The van der Waals surface area contributed by atoms with E-state index in [1.54, 1.807) is 11.7 Å². The summed E-state index contributed by atoms with van der Waals surface area (Å²) >= 11 is 0. The van der Waals surface area contributed by atoms with Gasteiger partial charge in [-0.2, -0.15) is 5.10 Å². The van der Waals surface area contributed by atoms with Crippen molar-refractivity contribution in [2.45, 2.75) is 13.2 Å². The normalized spacial score (nSPS) is 10.8. The van der Waals surface area contributed by atoms with Gasteiger partial charge in [-0.15, -0.1) is 0 Å². The average Bonchev–Trinajstić information content (AvgIpc) is 3.07. The molecule has 5 nitrogen and oxygen atoms in total. The summed E-state index contributed by atoms with van der Waals surface area (Å²) in [6.45, 7) is 0.678. The van der Waals surface area contributed by atoms with E-state index in [0.717, 1.165) is 16.6 Å². The highest BCUT2D eigenvalue weighted by atomic mass is 16.5. The Bertz CT molecular complexity index is 1090. The predicted molar refractivity (Wildman–Crippen MR) is 107 cm³/mol. The van der Waals surface area contributed by atoms with Gasteiger partial charge in [0.2, 0.25) is 0 Å². The van der Waals surface area contributed by atoms with Crippen LogP contribution in [-0.2, 0) is 25.0 Å². The summed E-state index contributed by atoms with van der Waals surface area (Å²) in [6.07, 6.45) is 0. The van der Waals surface area contributed by atoms with Crippen molar-refractivity contribution >= 4 is 16.9 Å². The number of aryl methyl sites for hydroxylation is 1. The number of fused-ring (bicyclic) bond motifs is 1. The van der Waals surface area contributed by atoms with Crippen molar-refractivity contribution in [1.82, 2.24) is 9.78 Å². The number of ether oxygens (including phenoxy) is 2. The van der Waals surface area contributed by atoms with Crippen LogP contribution in [0, 0.1) is 0 Å². The van der Waals surface area contributed by atoms with Gasteiger partial charge in [-0.3, -0.25) is 4.68 Å². The smallest absolute Gasteiger partial charge is 0.357 e. The summed E-state index contributed by atoms with van der Waals surface area (Å²) < 4.78 is 12.9. The number of aromatic nitrogens is 2. The van der Waals surface area contributed by atoms with Crippen LogP contribution in [0.1, 0.15) is 21.6 Å². The quantitative estimate of drug-likeness (QED) is 0.467. The Hall–Kier alpha value is -3.60. The van der Waals surface area contributed by atoms with Crippen LogP contribution in [0.4, 0.5) is 0 Å². The van der Waals surface area contributed by atoms with E-state index in [2.05, 4.69) is 5.10 Å².